The van der Waals surface area contributed by atoms with E-state index in [1.165, 1.54) is 25.3 Å². The quantitative estimate of drug-likeness (QED) is 0.770. The first kappa shape index (κ1) is 17.2. The van der Waals surface area contributed by atoms with Crippen LogP contribution in [0.25, 0.3) is 0 Å². The van der Waals surface area contributed by atoms with Gasteiger partial charge in [-0.3, -0.25) is 4.72 Å². The zero-order valence-corrected chi connectivity index (χ0v) is 14.0. The Kier molecular flexibility index (Phi) is 5.52. The summed E-state index contributed by atoms with van der Waals surface area (Å²) in [6, 6.07) is 10.9. The van der Waals surface area contributed by atoms with E-state index >= 15 is 0 Å². The SMILES string of the molecule is C=CCOc1cccc(NS(=O)(=O)c2ccc(OC)c(Cl)c2)c1. The highest BCUT2D eigenvalue weighted by Crippen LogP contribution is 2.28. The van der Waals surface area contributed by atoms with Crippen molar-refractivity contribution in [1.82, 2.24) is 0 Å². The van der Waals surface area contributed by atoms with Gasteiger partial charge in [0.2, 0.25) is 0 Å². The predicted octanol–water partition coefficient (Wildman–Crippen LogP) is 3.71. The number of halogens is 1. The minimum Gasteiger partial charge on any atom is -0.495 e. The number of sulfonamides is 1. The molecule has 0 aliphatic heterocycles. The number of anilines is 1. The molecule has 0 saturated carbocycles. The monoisotopic (exact) mass is 353 g/mol. The Morgan fingerprint density at radius 2 is 2.04 bits per heavy atom. The Balaban J connectivity index is 2.24. The van der Waals surface area contributed by atoms with Crippen LogP contribution in [0.3, 0.4) is 0 Å². The molecule has 5 nitrogen and oxygen atoms in total. The fourth-order valence-corrected chi connectivity index (χ4v) is 3.23. The van der Waals surface area contributed by atoms with Crippen LogP contribution < -0.4 is 14.2 Å². The highest BCUT2D eigenvalue weighted by molar-refractivity contribution is 7.92. The van der Waals surface area contributed by atoms with Gasteiger partial charge in [0.1, 0.15) is 18.1 Å². The van der Waals surface area contributed by atoms with Crippen molar-refractivity contribution in [2.75, 3.05) is 18.4 Å². The molecular weight excluding hydrogens is 338 g/mol. The second-order valence-electron chi connectivity index (χ2n) is 4.53. The molecule has 2 aromatic carbocycles. The highest BCUT2D eigenvalue weighted by Gasteiger charge is 2.16. The van der Waals surface area contributed by atoms with Gasteiger partial charge in [0.15, 0.2) is 0 Å². The van der Waals surface area contributed by atoms with E-state index in [0.717, 1.165) is 0 Å². The Hall–Kier alpha value is -2.18. The molecule has 2 aromatic rings. The number of methoxy groups -OCH3 is 1. The molecule has 0 aliphatic carbocycles. The number of hydrogen-bond donors (Lipinski definition) is 1. The van der Waals surface area contributed by atoms with Gasteiger partial charge in [-0.1, -0.05) is 30.3 Å². The van der Waals surface area contributed by atoms with Crippen LogP contribution in [0.15, 0.2) is 60.0 Å². The molecule has 122 valence electrons. The van der Waals surface area contributed by atoms with Gasteiger partial charge in [-0.05, 0) is 30.3 Å². The van der Waals surface area contributed by atoms with Gasteiger partial charge in [0.05, 0.1) is 22.7 Å². The lowest BCUT2D eigenvalue weighted by atomic mass is 10.3. The van der Waals surface area contributed by atoms with Gasteiger partial charge < -0.3 is 9.47 Å². The second kappa shape index (κ2) is 7.39. The molecule has 0 aromatic heterocycles. The van der Waals surface area contributed by atoms with Crippen LogP contribution in [0, 0.1) is 0 Å². The lowest BCUT2D eigenvalue weighted by molar-refractivity contribution is 0.363. The van der Waals surface area contributed by atoms with Gasteiger partial charge in [-0.25, -0.2) is 8.42 Å². The predicted molar refractivity (Wildman–Crippen MR) is 90.9 cm³/mol. The van der Waals surface area contributed by atoms with Crippen LogP contribution in [-0.2, 0) is 10.0 Å². The molecule has 0 spiro atoms. The van der Waals surface area contributed by atoms with Gasteiger partial charge in [0, 0.05) is 6.07 Å². The van der Waals surface area contributed by atoms with Crippen molar-refractivity contribution in [2.24, 2.45) is 0 Å². The van der Waals surface area contributed by atoms with Crippen LogP contribution in [0.4, 0.5) is 5.69 Å². The Morgan fingerprint density at radius 1 is 1.26 bits per heavy atom. The summed E-state index contributed by atoms with van der Waals surface area (Å²) in [4.78, 5) is 0.0423. The lowest BCUT2D eigenvalue weighted by Gasteiger charge is -2.11. The van der Waals surface area contributed by atoms with E-state index in [9.17, 15) is 8.42 Å². The summed E-state index contributed by atoms with van der Waals surface area (Å²) in [5.74, 6) is 0.948. The minimum atomic E-state index is -3.76. The van der Waals surface area contributed by atoms with Crippen molar-refractivity contribution in [2.45, 2.75) is 4.90 Å². The summed E-state index contributed by atoms with van der Waals surface area (Å²) in [7, 11) is -2.30. The Labute approximate surface area is 140 Å². The highest BCUT2D eigenvalue weighted by atomic mass is 35.5. The van der Waals surface area contributed by atoms with Crippen LogP contribution >= 0.6 is 11.6 Å². The number of hydrogen-bond acceptors (Lipinski definition) is 4. The van der Waals surface area contributed by atoms with Crippen molar-refractivity contribution in [3.8, 4) is 11.5 Å². The smallest absolute Gasteiger partial charge is 0.261 e. The summed E-state index contributed by atoms with van der Waals surface area (Å²) < 4.78 is 37.7. The van der Waals surface area contributed by atoms with Gasteiger partial charge >= 0.3 is 0 Å². The zero-order valence-electron chi connectivity index (χ0n) is 12.5. The van der Waals surface area contributed by atoms with E-state index in [0.29, 0.717) is 23.8 Å². The maximum absolute atomic E-state index is 12.4. The molecule has 0 fully saturated rings. The van der Waals surface area contributed by atoms with Gasteiger partial charge in [-0.2, -0.15) is 0 Å². The molecular formula is C16H16ClNO4S. The molecule has 0 unspecified atom stereocenters. The average molecular weight is 354 g/mol. The van der Waals surface area contributed by atoms with E-state index < -0.39 is 10.0 Å². The van der Waals surface area contributed by atoms with Crippen molar-refractivity contribution in [3.63, 3.8) is 0 Å². The van der Waals surface area contributed by atoms with Gasteiger partial charge in [0.25, 0.3) is 10.0 Å². The van der Waals surface area contributed by atoms with E-state index in [2.05, 4.69) is 11.3 Å². The molecule has 0 aliphatic rings. The molecule has 0 heterocycles. The molecule has 0 saturated heterocycles. The number of ether oxygens (including phenoxy) is 2. The maximum Gasteiger partial charge on any atom is 0.261 e. The third-order valence-corrected chi connectivity index (χ3v) is 4.56. The first-order chi connectivity index (χ1) is 11.0. The summed E-state index contributed by atoms with van der Waals surface area (Å²) in [5.41, 5.74) is 0.388. The topological polar surface area (TPSA) is 64.6 Å². The molecule has 0 atom stereocenters. The Morgan fingerprint density at radius 3 is 2.70 bits per heavy atom. The van der Waals surface area contributed by atoms with Crippen LogP contribution in [0.5, 0.6) is 11.5 Å². The van der Waals surface area contributed by atoms with E-state index in [1.54, 1.807) is 30.3 Å². The molecule has 2 rings (SSSR count). The molecule has 0 bridgehead atoms. The minimum absolute atomic E-state index is 0.0423. The molecule has 7 heteroatoms. The lowest BCUT2D eigenvalue weighted by Crippen LogP contribution is -2.13. The molecule has 1 N–H and O–H groups in total. The zero-order chi connectivity index (χ0) is 16.9. The fraction of sp³-hybridized carbons (Fsp3) is 0.125. The van der Waals surface area contributed by atoms with Crippen molar-refractivity contribution >= 4 is 27.3 Å². The normalized spacial score (nSPS) is 10.9. The molecule has 0 amide bonds. The number of benzene rings is 2. The largest absolute Gasteiger partial charge is 0.495 e. The average Bonchev–Trinajstić information content (AvgIpc) is 2.52. The van der Waals surface area contributed by atoms with Crippen molar-refractivity contribution in [1.29, 1.82) is 0 Å². The summed E-state index contributed by atoms with van der Waals surface area (Å²) >= 11 is 5.97. The standard InChI is InChI=1S/C16H16ClNO4S/c1-3-9-22-13-6-4-5-12(10-13)18-23(19,20)14-7-8-16(21-2)15(17)11-14/h3-8,10-11,18H,1,9H2,2H3. The fourth-order valence-electron chi connectivity index (χ4n) is 1.83. The third kappa shape index (κ3) is 4.40. The maximum atomic E-state index is 12.4. The molecule has 0 radical (unpaired) electrons. The number of rotatable bonds is 7. The third-order valence-electron chi connectivity index (χ3n) is 2.89. The number of nitrogens with one attached hydrogen (secondary N) is 1. The summed E-state index contributed by atoms with van der Waals surface area (Å²) in [5, 5.41) is 0.221. The second-order valence-corrected chi connectivity index (χ2v) is 6.62. The van der Waals surface area contributed by atoms with E-state index in [-0.39, 0.29) is 9.92 Å². The van der Waals surface area contributed by atoms with E-state index in [1.807, 2.05) is 0 Å². The van der Waals surface area contributed by atoms with Crippen molar-refractivity contribution in [3.05, 3.63) is 60.1 Å². The first-order valence-corrected chi connectivity index (χ1v) is 8.52. The molecule has 23 heavy (non-hydrogen) atoms. The van der Waals surface area contributed by atoms with Gasteiger partial charge in [-0.15, -0.1) is 0 Å². The van der Waals surface area contributed by atoms with E-state index in [4.69, 9.17) is 21.1 Å². The first-order valence-electron chi connectivity index (χ1n) is 6.66. The Bertz CT molecular complexity index is 805. The van der Waals surface area contributed by atoms with Crippen LogP contribution in [0.1, 0.15) is 0 Å². The van der Waals surface area contributed by atoms with Crippen LogP contribution in [0.2, 0.25) is 5.02 Å². The van der Waals surface area contributed by atoms with Crippen molar-refractivity contribution < 1.29 is 17.9 Å². The van der Waals surface area contributed by atoms with Crippen LogP contribution in [-0.4, -0.2) is 22.1 Å². The summed E-state index contributed by atoms with van der Waals surface area (Å²) in [6.07, 6.45) is 1.61. The summed E-state index contributed by atoms with van der Waals surface area (Å²) in [6.45, 7) is 3.90.